The van der Waals surface area contributed by atoms with Crippen LogP contribution in [0.15, 0.2) is 23.4 Å². The zero-order valence-corrected chi connectivity index (χ0v) is 16.8. The topological polar surface area (TPSA) is 99.1 Å². The van der Waals surface area contributed by atoms with Crippen LogP contribution in [0, 0.1) is 0 Å². The molecule has 0 atom stereocenters. The third-order valence-electron chi connectivity index (χ3n) is 2.98. The number of benzene rings is 1. The Balaban J connectivity index is 0.00000242. The molecule has 114 valence electrons. The van der Waals surface area contributed by atoms with Crippen LogP contribution in [0.2, 0.25) is 5.02 Å². The predicted octanol–water partition coefficient (Wildman–Crippen LogP) is -1.33. The Kier molecular flexibility index (Phi) is 7.47. The molecule has 0 aliphatic carbocycles. The molecule has 1 aliphatic heterocycles. The molecular weight excluding hydrogens is 359 g/mol. The Bertz CT molecular complexity index is 707. The smallest absolute Gasteiger partial charge is 0.714 e. The van der Waals surface area contributed by atoms with Crippen LogP contribution >= 0.6 is 11.6 Å². The number of rotatable bonds is 3. The van der Waals surface area contributed by atoms with E-state index in [4.69, 9.17) is 11.6 Å². The van der Waals surface area contributed by atoms with E-state index < -0.39 is 10.4 Å². The van der Waals surface area contributed by atoms with Gasteiger partial charge in [0.25, 0.3) is 10.4 Å². The molecule has 1 aromatic carbocycles. The molecule has 10 heteroatoms. The van der Waals surface area contributed by atoms with Gasteiger partial charge in [-0.2, -0.15) is 8.42 Å². The van der Waals surface area contributed by atoms with Gasteiger partial charge < -0.3 is 9.45 Å². The van der Waals surface area contributed by atoms with Crippen LogP contribution in [0.25, 0.3) is 0 Å². The summed E-state index contributed by atoms with van der Waals surface area (Å²) in [6.07, 6.45) is 0.597. The first kappa shape index (κ1) is 20.0. The minimum absolute atomic E-state index is 0. The first-order chi connectivity index (χ1) is 9.81. The first-order valence-corrected chi connectivity index (χ1v) is 7.84. The number of halogens is 1. The Hall–Kier alpha value is -0.00364. The van der Waals surface area contributed by atoms with Crippen molar-refractivity contribution in [3.63, 3.8) is 0 Å². The minimum atomic E-state index is -4.91. The first-order valence-electron chi connectivity index (χ1n) is 6.13. The number of hydrogen-bond donors (Lipinski definition) is 0. The van der Waals surface area contributed by atoms with Crippen molar-refractivity contribution >= 4 is 39.3 Å². The van der Waals surface area contributed by atoms with Crippen molar-refractivity contribution in [1.29, 1.82) is 0 Å². The van der Waals surface area contributed by atoms with Crippen LogP contribution in [-0.2, 0) is 19.5 Å². The second-order valence-electron chi connectivity index (χ2n) is 4.33. The van der Waals surface area contributed by atoms with E-state index >= 15 is 0 Å². The van der Waals surface area contributed by atoms with Gasteiger partial charge in [0.05, 0.1) is 11.4 Å². The standard InChI is InChI=1S/C12H13ClN2O5S.K/c1-2-12(16)15-6-5-10(14-20-21(17,18)19)9-4-3-8(13)7-11(9)15;/h3-4,7H,2,5-6H2,1H3,(H,17,18,19);/q;+1/p-1/b14-10+;. The second-order valence-corrected chi connectivity index (χ2v) is 5.73. The van der Waals surface area contributed by atoms with Crippen molar-refractivity contribution in [3.8, 4) is 0 Å². The molecule has 1 amide bonds. The number of fused-ring (bicyclic) bond motifs is 1. The van der Waals surface area contributed by atoms with E-state index in [1.54, 1.807) is 30.0 Å². The van der Waals surface area contributed by atoms with E-state index in [2.05, 4.69) is 9.44 Å². The molecule has 0 radical (unpaired) electrons. The van der Waals surface area contributed by atoms with Crippen molar-refractivity contribution in [2.75, 3.05) is 11.4 Å². The average Bonchev–Trinajstić information content (AvgIpc) is 2.42. The molecule has 1 heterocycles. The summed E-state index contributed by atoms with van der Waals surface area (Å²) in [6, 6.07) is 4.78. The van der Waals surface area contributed by atoms with Gasteiger partial charge in [-0.15, -0.1) is 0 Å². The zero-order valence-electron chi connectivity index (χ0n) is 12.1. The number of amides is 1. The van der Waals surface area contributed by atoms with Gasteiger partial charge in [0.1, 0.15) is 0 Å². The number of carbonyl (C=O) groups is 1. The van der Waals surface area contributed by atoms with E-state index in [1.165, 1.54) is 0 Å². The third-order valence-corrected chi connectivity index (χ3v) is 3.47. The van der Waals surface area contributed by atoms with Gasteiger partial charge in [-0.3, -0.25) is 9.08 Å². The van der Waals surface area contributed by atoms with Gasteiger partial charge in [-0.05, 0) is 18.2 Å². The Morgan fingerprint density at radius 3 is 2.77 bits per heavy atom. The van der Waals surface area contributed by atoms with Crippen molar-refractivity contribution in [1.82, 2.24) is 0 Å². The van der Waals surface area contributed by atoms with Crippen LogP contribution in [-0.4, -0.2) is 31.1 Å². The fourth-order valence-corrected chi connectivity index (χ4v) is 2.43. The molecule has 0 saturated heterocycles. The van der Waals surface area contributed by atoms with Gasteiger partial charge >= 0.3 is 51.4 Å². The molecule has 7 nitrogen and oxygen atoms in total. The van der Waals surface area contributed by atoms with Crippen molar-refractivity contribution in [3.05, 3.63) is 28.8 Å². The van der Waals surface area contributed by atoms with Gasteiger partial charge in [0.2, 0.25) is 5.91 Å². The summed E-state index contributed by atoms with van der Waals surface area (Å²) in [6.45, 7) is 2.05. The Morgan fingerprint density at radius 2 is 2.18 bits per heavy atom. The summed E-state index contributed by atoms with van der Waals surface area (Å²) in [7, 11) is -4.91. The third kappa shape index (κ3) is 5.00. The SMILES string of the molecule is CCC(=O)N1CC/C(=N\OS(=O)(=O)[O-])c2ccc(Cl)cc21.[K+]. The van der Waals surface area contributed by atoms with Crippen LogP contribution in [0.4, 0.5) is 5.69 Å². The van der Waals surface area contributed by atoms with E-state index in [-0.39, 0.29) is 69.4 Å². The van der Waals surface area contributed by atoms with Crippen molar-refractivity contribution in [2.24, 2.45) is 5.16 Å². The minimum Gasteiger partial charge on any atom is -0.714 e. The molecule has 0 unspecified atom stereocenters. The van der Waals surface area contributed by atoms with E-state index in [0.717, 1.165) is 0 Å². The average molecular weight is 371 g/mol. The summed E-state index contributed by atoms with van der Waals surface area (Å²) >= 11 is 5.93. The molecule has 0 N–H and O–H groups in total. The van der Waals surface area contributed by atoms with Crippen LogP contribution in [0.5, 0.6) is 0 Å². The van der Waals surface area contributed by atoms with Crippen molar-refractivity contribution in [2.45, 2.75) is 19.8 Å². The molecule has 2 rings (SSSR count). The van der Waals surface area contributed by atoms with Crippen LogP contribution in [0.3, 0.4) is 0 Å². The molecule has 0 aromatic heterocycles. The van der Waals surface area contributed by atoms with Gasteiger partial charge in [0, 0.05) is 30.0 Å². The summed E-state index contributed by atoms with van der Waals surface area (Å²) in [5.41, 5.74) is 1.31. The molecule has 0 fully saturated rings. The fraction of sp³-hybridized carbons (Fsp3) is 0.333. The van der Waals surface area contributed by atoms with Crippen LogP contribution in [0.1, 0.15) is 25.3 Å². The quantitative estimate of drug-likeness (QED) is 0.284. The van der Waals surface area contributed by atoms with E-state index in [1.807, 2.05) is 0 Å². The van der Waals surface area contributed by atoms with Gasteiger partial charge in [0.15, 0.2) is 0 Å². The molecule has 22 heavy (non-hydrogen) atoms. The number of carbonyl (C=O) groups excluding carboxylic acids is 1. The summed E-state index contributed by atoms with van der Waals surface area (Å²) < 4.78 is 35.4. The maximum absolute atomic E-state index is 11.9. The number of oxime groups is 1. The number of anilines is 1. The van der Waals surface area contributed by atoms with Gasteiger partial charge in [-0.1, -0.05) is 23.7 Å². The summed E-state index contributed by atoms with van der Waals surface area (Å²) in [5, 5.41) is 3.81. The number of hydrogen-bond acceptors (Lipinski definition) is 6. The maximum atomic E-state index is 11.9. The molecule has 1 aliphatic rings. The zero-order chi connectivity index (χ0) is 15.6. The summed E-state index contributed by atoms with van der Waals surface area (Å²) in [4.78, 5) is 13.5. The molecule has 0 saturated carbocycles. The molecule has 1 aromatic rings. The van der Waals surface area contributed by atoms with E-state index in [9.17, 15) is 17.8 Å². The molecule has 0 spiro atoms. The maximum Gasteiger partial charge on any atom is 1.00 e. The monoisotopic (exact) mass is 370 g/mol. The van der Waals surface area contributed by atoms with Crippen molar-refractivity contribution < 1.29 is 73.4 Å². The number of nitrogens with zero attached hydrogens (tertiary/aromatic N) is 2. The molecule has 0 bridgehead atoms. The Labute approximate surface area is 176 Å². The predicted molar refractivity (Wildman–Crippen MR) is 76.0 cm³/mol. The summed E-state index contributed by atoms with van der Waals surface area (Å²) in [5.74, 6) is -0.0880. The largest absolute Gasteiger partial charge is 1.00 e. The molecular formula is C12H12ClKN2O5S. The van der Waals surface area contributed by atoms with E-state index in [0.29, 0.717) is 29.2 Å². The Morgan fingerprint density at radius 1 is 1.50 bits per heavy atom. The van der Waals surface area contributed by atoms with Gasteiger partial charge in [-0.25, -0.2) is 0 Å². The normalized spacial score (nSPS) is 16.0. The fourth-order valence-electron chi connectivity index (χ4n) is 2.08. The van der Waals surface area contributed by atoms with Crippen LogP contribution < -0.4 is 56.3 Å². The second kappa shape index (κ2) is 8.20.